The van der Waals surface area contributed by atoms with Crippen LogP contribution in [0.15, 0.2) is 42.5 Å². The van der Waals surface area contributed by atoms with E-state index in [0.717, 1.165) is 12.1 Å². The third-order valence-corrected chi connectivity index (χ3v) is 4.65. The van der Waals surface area contributed by atoms with Crippen molar-refractivity contribution in [3.63, 3.8) is 0 Å². The van der Waals surface area contributed by atoms with E-state index in [1.165, 1.54) is 0 Å². The van der Waals surface area contributed by atoms with E-state index >= 15 is 0 Å². The predicted molar refractivity (Wildman–Crippen MR) is 116 cm³/mol. The Morgan fingerprint density at radius 2 is 1.71 bits per heavy atom. The van der Waals surface area contributed by atoms with Crippen molar-refractivity contribution in [1.82, 2.24) is 0 Å². The van der Waals surface area contributed by atoms with E-state index in [1.807, 2.05) is 13.8 Å². The van der Waals surface area contributed by atoms with Crippen LogP contribution in [0.4, 0.5) is 11.4 Å². The summed E-state index contributed by atoms with van der Waals surface area (Å²) in [4.78, 5) is 37.9. The third-order valence-electron chi connectivity index (χ3n) is 4.65. The van der Waals surface area contributed by atoms with Crippen molar-refractivity contribution in [2.24, 2.45) is 0 Å². The van der Waals surface area contributed by atoms with E-state index in [0.29, 0.717) is 48.9 Å². The lowest BCUT2D eigenvalue weighted by Gasteiger charge is -2.15. The molecule has 1 fully saturated rings. The first-order valence-electron chi connectivity index (χ1n) is 10.3. The van der Waals surface area contributed by atoms with Crippen LogP contribution in [0.2, 0.25) is 0 Å². The van der Waals surface area contributed by atoms with Crippen molar-refractivity contribution in [1.29, 1.82) is 0 Å². The molecule has 0 radical (unpaired) electrons. The molecule has 0 unspecified atom stereocenters. The fourth-order valence-corrected chi connectivity index (χ4v) is 3.24. The summed E-state index contributed by atoms with van der Waals surface area (Å²) in [5, 5.41) is 2.67. The second-order valence-electron chi connectivity index (χ2n) is 6.85. The van der Waals surface area contributed by atoms with Gasteiger partial charge in [0.15, 0.2) is 18.1 Å². The summed E-state index contributed by atoms with van der Waals surface area (Å²) < 4.78 is 16.1. The van der Waals surface area contributed by atoms with Gasteiger partial charge >= 0.3 is 5.97 Å². The van der Waals surface area contributed by atoms with Crippen LogP contribution in [0, 0.1) is 0 Å². The van der Waals surface area contributed by atoms with E-state index in [-0.39, 0.29) is 5.91 Å². The van der Waals surface area contributed by atoms with Crippen molar-refractivity contribution in [2.45, 2.75) is 26.7 Å². The van der Waals surface area contributed by atoms with Gasteiger partial charge in [0.05, 0.1) is 18.8 Å². The Balaban J connectivity index is 1.54. The molecule has 2 aromatic rings. The Morgan fingerprint density at radius 3 is 2.35 bits per heavy atom. The van der Waals surface area contributed by atoms with Crippen LogP contribution in [-0.2, 0) is 14.3 Å². The quantitative estimate of drug-likeness (QED) is 0.618. The van der Waals surface area contributed by atoms with Gasteiger partial charge in [-0.2, -0.15) is 0 Å². The number of carbonyl (C=O) groups is 3. The highest BCUT2D eigenvalue weighted by Crippen LogP contribution is 2.30. The minimum Gasteiger partial charge on any atom is -0.490 e. The lowest BCUT2D eigenvalue weighted by atomic mass is 10.2. The van der Waals surface area contributed by atoms with Gasteiger partial charge in [0.25, 0.3) is 5.91 Å². The average Bonchev–Trinajstić information content (AvgIpc) is 3.20. The number of hydrogen-bond donors (Lipinski definition) is 1. The molecule has 1 aliphatic heterocycles. The molecule has 2 amide bonds. The number of nitrogens with zero attached hydrogens (tertiary/aromatic N) is 1. The van der Waals surface area contributed by atoms with Gasteiger partial charge in [-0.3, -0.25) is 9.59 Å². The number of benzene rings is 2. The molecule has 164 valence electrons. The monoisotopic (exact) mass is 426 g/mol. The zero-order valence-corrected chi connectivity index (χ0v) is 17.7. The molecule has 0 bridgehead atoms. The number of nitrogens with one attached hydrogen (secondary N) is 1. The van der Waals surface area contributed by atoms with Crippen molar-refractivity contribution < 1.29 is 28.6 Å². The molecular formula is C23H26N2O6. The SMILES string of the molecule is CCOc1ccc(NC(=O)COC(=O)c2ccc(N3CCCC3=O)cc2)cc1OCC. The van der Waals surface area contributed by atoms with Crippen LogP contribution < -0.4 is 19.7 Å². The topological polar surface area (TPSA) is 94.2 Å². The predicted octanol–water partition coefficient (Wildman–Crippen LogP) is 3.41. The number of esters is 1. The molecule has 1 saturated heterocycles. The molecule has 0 saturated carbocycles. The van der Waals surface area contributed by atoms with Crippen LogP contribution in [0.1, 0.15) is 37.0 Å². The van der Waals surface area contributed by atoms with Crippen LogP contribution in [0.5, 0.6) is 11.5 Å². The summed E-state index contributed by atoms with van der Waals surface area (Å²) in [6.45, 7) is 4.94. The highest BCUT2D eigenvalue weighted by molar-refractivity contribution is 5.97. The lowest BCUT2D eigenvalue weighted by Crippen LogP contribution is -2.23. The van der Waals surface area contributed by atoms with Gasteiger partial charge in [0.1, 0.15) is 0 Å². The molecule has 31 heavy (non-hydrogen) atoms. The maximum absolute atomic E-state index is 12.2. The molecule has 8 heteroatoms. The Labute approximate surface area is 181 Å². The lowest BCUT2D eigenvalue weighted by molar-refractivity contribution is -0.119. The number of anilines is 2. The molecule has 0 atom stereocenters. The fraction of sp³-hybridized carbons (Fsp3) is 0.348. The number of ether oxygens (including phenoxy) is 3. The Hall–Kier alpha value is -3.55. The highest BCUT2D eigenvalue weighted by atomic mass is 16.5. The minimum atomic E-state index is -0.615. The highest BCUT2D eigenvalue weighted by Gasteiger charge is 2.22. The molecular weight excluding hydrogens is 400 g/mol. The summed E-state index contributed by atoms with van der Waals surface area (Å²) in [5.41, 5.74) is 1.56. The second-order valence-corrected chi connectivity index (χ2v) is 6.85. The Morgan fingerprint density at radius 1 is 1.00 bits per heavy atom. The number of rotatable bonds is 9. The molecule has 1 aliphatic rings. The number of amides is 2. The van der Waals surface area contributed by atoms with E-state index in [9.17, 15) is 14.4 Å². The summed E-state index contributed by atoms with van der Waals surface area (Å²) >= 11 is 0. The van der Waals surface area contributed by atoms with Crippen molar-refractivity contribution >= 4 is 29.2 Å². The summed E-state index contributed by atoms with van der Waals surface area (Å²) in [6.07, 6.45) is 1.37. The van der Waals surface area contributed by atoms with Crippen LogP contribution in [0.3, 0.4) is 0 Å². The number of hydrogen-bond acceptors (Lipinski definition) is 6. The van der Waals surface area contributed by atoms with E-state index in [4.69, 9.17) is 14.2 Å². The Kier molecular flexibility index (Phi) is 7.48. The smallest absolute Gasteiger partial charge is 0.338 e. The first-order chi connectivity index (χ1) is 15.0. The van der Waals surface area contributed by atoms with Gasteiger partial charge in [0, 0.05) is 30.4 Å². The summed E-state index contributed by atoms with van der Waals surface area (Å²) in [5.74, 6) is 0.104. The normalized spacial score (nSPS) is 13.1. The van der Waals surface area contributed by atoms with E-state index in [2.05, 4.69) is 5.32 Å². The second kappa shape index (κ2) is 10.5. The van der Waals surface area contributed by atoms with Crippen LogP contribution in [0.25, 0.3) is 0 Å². The van der Waals surface area contributed by atoms with Crippen molar-refractivity contribution in [3.05, 3.63) is 48.0 Å². The van der Waals surface area contributed by atoms with Gasteiger partial charge < -0.3 is 24.4 Å². The fourth-order valence-electron chi connectivity index (χ4n) is 3.24. The van der Waals surface area contributed by atoms with E-state index < -0.39 is 18.5 Å². The zero-order valence-electron chi connectivity index (χ0n) is 17.7. The molecule has 3 rings (SSSR count). The molecule has 1 heterocycles. The number of carbonyl (C=O) groups excluding carboxylic acids is 3. The van der Waals surface area contributed by atoms with Gasteiger partial charge in [-0.25, -0.2) is 4.79 Å². The summed E-state index contributed by atoms with van der Waals surface area (Å²) in [6, 6.07) is 11.6. The third kappa shape index (κ3) is 5.75. The molecule has 0 spiro atoms. The molecule has 2 aromatic carbocycles. The van der Waals surface area contributed by atoms with Crippen molar-refractivity contribution in [2.75, 3.05) is 36.6 Å². The van der Waals surface area contributed by atoms with E-state index in [1.54, 1.807) is 47.4 Å². The first-order valence-corrected chi connectivity index (χ1v) is 10.3. The largest absolute Gasteiger partial charge is 0.490 e. The maximum Gasteiger partial charge on any atom is 0.338 e. The van der Waals surface area contributed by atoms with Gasteiger partial charge in [-0.05, 0) is 56.7 Å². The molecule has 0 aromatic heterocycles. The maximum atomic E-state index is 12.2. The van der Waals surface area contributed by atoms with Gasteiger partial charge in [-0.1, -0.05) is 0 Å². The first kappa shape index (κ1) is 22.1. The van der Waals surface area contributed by atoms with Crippen molar-refractivity contribution in [3.8, 4) is 11.5 Å². The standard InChI is InChI=1S/C23H26N2O6/c1-3-29-19-12-9-17(14-20(19)30-4-2)24-21(26)15-31-23(28)16-7-10-18(11-8-16)25-13-5-6-22(25)27/h7-12,14H,3-6,13,15H2,1-2H3,(H,24,26). The molecule has 8 nitrogen and oxygen atoms in total. The molecule has 0 aliphatic carbocycles. The minimum absolute atomic E-state index is 0.0776. The van der Waals surface area contributed by atoms with Crippen LogP contribution >= 0.6 is 0 Å². The summed E-state index contributed by atoms with van der Waals surface area (Å²) in [7, 11) is 0. The molecule has 1 N–H and O–H groups in total. The average molecular weight is 426 g/mol. The van der Waals surface area contributed by atoms with Gasteiger partial charge in [0.2, 0.25) is 5.91 Å². The Bertz CT molecular complexity index is 942. The van der Waals surface area contributed by atoms with Gasteiger partial charge in [-0.15, -0.1) is 0 Å². The zero-order chi connectivity index (χ0) is 22.2. The van der Waals surface area contributed by atoms with Crippen LogP contribution in [-0.4, -0.2) is 44.1 Å².